The number of methoxy groups -OCH3 is 1. The minimum atomic E-state index is -0.375. The van der Waals surface area contributed by atoms with Crippen molar-refractivity contribution in [2.24, 2.45) is 0 Å². The number of aryl methyl sites for hydroxylation is 1. The number of amides is 1. The third kappa shape index (κ3) is 4.16. The summed E-state index contributed by atoms with van der Waals surface area (Å²) in [7, 11) is 1.63. The molecule has 2 aliphatic heterocycles. The molecule has 1 amide bonds. The molecule has 2 saturated heterocycles. The lowest BCUT2D eigenvalue weighted by atomic mass is 9.80. The number of piperidine rings is 1. The number of likely N-dealkylation sites (tertiary alicyclic amines) is 1. The van der Waals surface area contributed by atoms with Crippen molar-refractivity contribution in [3.63, 3.8) is 0 Å². The van der Waals surface area contributed by atoms with Gasteiger partial charge in [0.25, 0.3) is 5.91 Å². The SMILES string of the molecule is COc1ccc(C(=O)N2CCC3(CC2)C[C@@H](O)C[C@H](c2ccccc2)O3)c(C)c1. The molecule has 1 spiro atoms. The zero-order chi connectivity index (χ0) is 20.4. The van der Waals surface area contributed by atoms with Gasteiger partial charge in [-0.05, 0) is 49.1 Å². The Balaban J connectivity index is 1.45. The molecule has 0 saturated carbocycles. The maximum atomic E-state index is 13.0. The molecule has 2 aromatic carbocycles. The topological polar surface area (TPSA) is 59.0 Å². The molecule has 5 heteroatoms. The van der Waals surface area contributed by atoms with Gasteiger partial charge in [0, 0.05) is 31.5 Å². The molecule has 2 heterocycles. The molecule has 0 radical (unpaired) electrons. The Kier molecular flexibility index (Phi) is 5.61. The van der Waals surface area contributed by atoms with Gasteiger partial charge in [0.2, 0.25) is 0 Å². The van der Waals surface area contributed by atoms with Crippen molar-refractivity contribution in [1.29, 1.82) is 0 Å². The zero-order valence-corrected chi connectivity index (χ0v) is 17.1. The molecule has 0 bridgehead atoms. The highest BCUT2D eigenvalue weighted by Crippen LogP contribution is 2.43. The molecule has 2 fully saturated rings. The summed E-state index contributed by atoms with van der Waals surface area (Å²) in [6.07, 6.45) is 2.29. The third-order valence-corrected chi connectivity index (χ3v) is 6.28. The molecule has 5 nitrogen and oxygen atoms in total. The lowest BCUT2D eigenvalue weighted by molar-refractivity contribution is -0.181. The summed E-state index contributed by atoms with van der Waals surface area (Å²) in [5, 5.41) is 10.5. The summed E-state index contributed by atoms with van der Waals surface area (Å²) < 4.78 is 11.8. The number of benzene rings is 2. The molecular formula is C24H29NO4. The van der Waals surface area contributed by atoms with Crippen LogP contribution in [-0.4, -0.2) is 47.8 Å². The van der Waals surface area contributed by atoms with E-state index in [-0.39, 0.29) is 23.7 Å². The van der Waals surface area contributed by atoms with Crippen LogP contribution >= 0.6 is 0 Å². The van der Waals surface area contributed by atoms with Crippen LogP contribution in [0.1, 0.15) is 53.3 Å². The standard InChI is InChI=1S/C24H29NO4/c1-17-14-20(28-2)8-9-21(17)23(27)25-12-10-24(11-13-25)16-19(26)15-22(29-24)18-6-4-3-5-7-18/h3-9,14,19,22,26H,10-13,15-16H2,1-2H3/t19-,22+/m0/s1. The number of carbonyl (C=O) groups excluding carboxylic acids is 1. The summed E-state index contributed by atoms with van der Waals surface area (Å²) in [5.74, 6) is 0.809. The van der Waals surface area contributed by atoms with Gasteiger partial charge in [0.1, 0.15) is 5.75 Å². The molecule has 1 N–H and O–H groups in total. The van der Waals surface area contributed by atoms with Crippen LogP contribution in [0.15, 0.2) is 48.5 Å². The molecule has 4 rings (SSSR count). The molecule has 29 heavy (non-hydrogen) atoms. The highest BCUT2D eigenvalue weighted by molar-refractivity contribution is 5.95. The van der Waals surface area contributed by atoms with Crippen molar-refractivity contribution >= 4 is 5.91 Å². The number of ether oxygens (including phenoxy) is 2. The van der Waals surface area contributed by atoms with E-state index >= 15 is 0 Å². The largest absolute Gasteiger partial charge is 0.497 e. The number of nitrogens with zero attached hydrogens (tertiary/aromatic N) is 1. The van der Waals surface area contributed by atoms with Gasteiger partial charge in [-0.25, -0.2) is 0 Å². The molecule has 0 aliphatic carbocycles. The van der Waals surface area contributed by atoms with Crippen LogP contribution in [0.2, 0.25) is 0 Å². The molecule has 2 aromatic rings. The number of rotatable bonds is 3. The third-order valence-electron chi connectivity index (χ3n) is 6.28. The lowest BCUT2D eigenvalue weighted by Gasteiger charge is -2.48. The fourth-order valence-electron chi connectivity index (χ4n) is 4.64. The van der Waals surface area contributed by atoms with Crippen molar-refractivity contribution in [3.05, 3.63) is 65.2 Å². The van der Waals surface area contributed by atoms with E-state index in [2.05, 4.69) is 12.1 Å². The first-order valence-corrected chi connectivity index (χ1v) is 10.3. The number of aliphatic hydroxyl groups excluding tert-OH is 1. The van der Waals surface area contributed by atoms with Crippen molar-refractivity contribution in [2.45, 2.75) is 50.4 Å². The molecule has 0 unspecified atom stereocenters. The first-order valence-electron chi connectivity index (χ1n) is 10.3. The highest BCUT2D eigenvalue weighted by Gasteiger charge is 2.44. The lowest BCUT2D eigenvalue weighted by Crippen LogP contribution is -2.52. The van der Waals surface area contributed by atoms with Crippen LogP contribution in [0.4, 0.5) is 0 Å². The van der Waals surface area contributed by atoms with Gasteiger partial charge in [0.15, 0.2) is 0 Å². The minimum absolute atomic E-state index is 0.0518. The summed E-state index contributed by atoms with van der Waals surface area (Å²) in [4.78, 5) is 14.9. The summed E-state index contributed by atoms with van der Waals surface area (Å²) in [6, 6.07) is 15.7. The van der Waals surface area contributed by atoms with Gasteiger partial charge in [-0.2, -0.15) is 0 Å². The van der Waals surface area contributed by atoms with E-state index < -0.39 is 0 Å². The molecular weight excluding hydrogens is 366 g/mol. The summed E-state index contributed by atoms with van der Waals surface area (Å²) in [5.41, 5.74) is 2.39. The Labute approximate surface area is 172 Å². The molecule has 154 valence electrons. The fraction of sp³-hybridized carbons (Fsp3) is 0.458. The fourth-order valence-corrected chi connectivity index (χ4v) is 4.64. The first-order chi connectivity index (χ1) is 14.0. The predicted octanol–water partition coefficient (Wildman–Crippen LogP) is 3.89. The van der Waals surface area contributed by atoms with E-state index in [9.17, 15) is 9.90 Å². The number of carbonyl (C=O) groups is 1. The van der Waals surface area contributed by atoms with Gasteiger partial charge < -0.3 is 19.5 Å². The average Bonchev–Trinajstić information content (AvgIpc) is 2.74. The normalized spacial score (nSPS) is 23.8. The van der Waals surface area contributed by atoms with Crippen LogP contribution in [0.25, 0.3) is 0 Å². The van der Waals surface area contributed by atoms with E-state index in [0.717, 1.165) is 29.7 Å². The van der Waals surface area contributed by atoms with Crippen molar-refractivity contribution in [1.82, 2.24) is 4.90 Å². The predicted molar refractivity (Wildman–Crippen MR) is 111 cm³/mol. The number of hydrogen-bond acceptors (Lipinski definition) is 4. The van der Waals surface area contributed by atoms with E-state index in [1.165, 1.54) is 0 Å². The van der Waals surface area contributed by atoms with Crippen LogP contribution in [-0.2, 0) is 4.74 Å². The monoisotopic (exact) mass is 395 g/mol. The molecule has 2 atom stereocenters. The van der Waals surface area contributed by atoms with E-state index in [1.54, 1.807) is 7.11 Å². The average molecular weight is 395 g/mol. The van der Waals surface area contributed by atoms with E-state index in [0.29, 0.717) is 31.5 Å². The van der Waals surface area contributed by atoms with Gasteiger partial charge in [-0.1, -0.05) is 30.3 Å². The second-order valence-electron chi connectivity index (χ2n) is 8.27. The maximum Gasteiger partial charge on any atom is 0.254 e. The maximum absolute atomic E-state index is 13.0. The van der Waals surface area contributed by atoms with Crippen molar-refractivity contribution in [2.75, 3.05) is 20.2 Å². The van der Waals surface area contributed by atoms with Crippen molar-refractivity contribution < 1.29 is 19.4 Å². The summed E-state index contributed by atoms with van der Waals surface area (Å²) in [6.45, 7) is 3.21. The molecule has 0 aromatic heterocycles. The van der Waals surface area contributed by atoms with Gasteiger partial charge in [-0.3, -0.25) is 4.79 Å². The Hall–Kier alpha value is -2.37. The smallest absolute Gasteiger partial charge is 0.254 e. The number of aliphatic hydroxyl groups is 1. The van der Waals surface area contributed by atoms with Crippen LogP contribution < -0.4 is 4.74 Å². The Bertz CT molecular complexity index is 858. The van der Waals surface area contributed by atoms with Gasteiger partial charge in [0.05, 0.1) is 24.9 Å². The summed E-state index contributed by atoms with van der Waals surface area (Å²) >= 11 is 0. The van der Waals surface area contributed by atoms with Crippen molar-refractivity contribution in [3.8, 4) is 5.75 Å². The first kappa shape index (κ1) is 19.9. The Morgan fingerprint density at radius 2 is 1.90 bits per heavy atom. The minimum Gasteiger partial charge on any atom is -0.497 e. The second-order valence-corrected chi connectivity index (χ2v) is 8.27. The molecule has 2 aliphatic rings. The van der Waals surface area contributed by atoms with E-state index in [4.69, 9.17) is 9.47 Å². The highest BCUT2D eigenvalue weighted by atomic mass is 16.5. The van der Waals surface area contributed by atoms with Gasteiger partial charge >= 0.3 is 0 Å². The van der Waals surface area contributed by atoms with Gasteiger partial charge in [-0.15, -0.1) is 0 Å². The van der Waals surface area contributed by atoms with Crippen LogP contribution in [0, 0.1) is 6.92 Å². The Morgan fingerprint density at radius 3 is 2.55 bits per heavy atom. The number of hydrogen-bond donors (Lipinski definition) is 1. The quantitative estimate of drug-likeness (QED) is 0.857. The van der Waals surface area contributed by atoms with Crippen LogP contribution in [0.3, 0.4) is 0 Å². The Morgan fingerprint density at radius 1 is 1.17 bits per heavy atom. The van der Waals surface area contributed by atoms with E-state index in [1.807, 2.05) is 48.2 Å². The van der Waals surface area contributed by atoms with Crippen LogP contribution in [0.5, 0.6) is 5.75 Å². The second kappa shape index (κ2) is 8.17. The zero-order valence-electron chi connectivity index (χ0n) is 17.1.